The third kappa shape index (κ3) is 6.20. The molecule has 0 saturated carbocycles. The Morgan fingerprint density at radius 2 is 1.69 bits per heavy atom. The third-order valence-corrected chi connectivity index (χ3v) is 7.05. The molecule has 2 aliphatic rings. The molecule has 1 aromatic carbocycles. The Bertz CT molecular complexity index is 1140. The van der Waals surface area contributed by atoms with Crippen LogP contribution in [0, 0.1) is 5.92 Å². The highest BCUT2D eigenvalue weighted by molar-refractivity contribution is 7.80. The van der Waals surface area contributed by atoms with Gasteiger partial charge in [0.15, 0.2) is 5.11 Å². The van der Waals surface area contributed by atoms with Crippen molar-refractivity contribution in [1.82, 2.24) is 20.3 Å². The standard InChI is InChI=1S/C27H34N8S/c1-21-7-6-12-35(20-21)25-17-24(34-15-13-33(14-16-34)23-9-3-2-4-10-23)30-26(31-25)32-27(36)29-19-22-8-5-11-28-18-22/h2-5,8-11,17-18,21H,6-7,12-16,19-20H2,1H3,(H2,29,30,31,32,36)/t21-/m0/s1. The maximum Gasteiger partial charge on any atom is 0.232 e. The van der Waals surface area contributed by atoms with Gasteiger partial charge in [-0.15, -0.1) is 0 Å². The van der Waals surface area contributed by atoms with Gasteiger partial charge in [-0.05, 0) is 54.7 Å². The van der Waals surface area contributed by atoms with E-state index in [9.17, 15) is 0 Å². The van der Waals surface area contributed by atoms with Gasteiger partial charge in [0, 0.05) is 70.0 Å². The Hall–Kier alpha value is -3.46. The topological polar surface area (TPSA) is 72.5 Å². The number of benzene rings is 1. The van der Waals surface area contributed by atoms with Gasteiger partial charge < -0.3 is 25.3 Å². The van der Waals surface area contributed by atoms with Crippen molar-refractivity contribution in [3.05, 3.63) is 66.5 Å². The number of piperazine rings is 1. The zero-order valence-electron chi connectivity index (χ0n) is 20.8. The number of aromatic nitrogens is 3. The SMILES string of the molecule is C[C@H]1CCCN(c2cc(N3CCN(c4ccccc4)CC3)nc(NC(=S)NCc3cccnc3)n2)C1. The van der Waals surface area contributed by atoms with Crippen LogP contribution in [-0.4, -0.2) is 59.3 Å². The number of thiocarbonyl (C=S) groups is 1. The normalized spacial score (nSPS) is 18.1. The number of hydrogen-bond acceptors (Lipinski definition) is 7. The second-order valence-electron chi connectivity index (χ2n) is 9.58. The lowest BCUT2D eigenvalue weighted by atomic mass is 10.0. The van der Waals surface area contributed by atoms with Crippen LogP contribution >= 0.6 is 12.2 Å². The van der Waals surface area contributed by atoms with E-state index in [1.54, 1.807) is 6.20 Å². The highest BCUT2D eigenvalue weighted by Crippen LogP contribution is 2.27. The number of para-hydroxylation sites is 1. The predicted molar refractivity (Wildman–Crippen MR) is 151 cm³/mol. The monoisotopic (exact) mass is 502 g/mol. The Labute approximate surface area is 218 Å². The fraction of sp³-hybridized carbons (Fsp3) is 0.407. The van der Waals surface area contributed by atoms with Crippen LogP contribution in [0.25, 0.3) is 0 Å². The van der Waals surface area contributed by atoms with E-state index in [1.807, 2.05) is 18.3 Å². The van der Waals surface area contributed by atoms with Gasteiger partial charge in [0.2, 0.25) is 5.95 Å². The number of pyridine rings is 1. The number of piperidine rings is 1. The van der Waals surface area contributed by atoms with Gasteiger partial charge in [-0.3, -0.25) is 4.98 Å². The first-order valence-corrected chi connectivity index (χ1v) is 13.2. The lowest BCUT2D eigenvalue weighted by Crippen LogP contribution is -2.47. The van der Waals surface area contributed by atoms with Gasteiger partial charge in [0.25, 0.3) is 0 Å². The average Bonchev–Trinajstić information content (AvgIpc) is 2.93. The second kappa shape index (κ2) is 11.5. The van der Waals surface area contributed by atoms with Crippen LogP contribution in [0.4, 0.5) is 23.3 Å². The summed E-state index contributed by atoms with van der Waals surface area (Å²) in [5, 5.41) is 6.98. The van der Waals surface area contributed by atoms with Crippen LogP contribution in [0.15, 0.2) is 60.9 Å². The molecular formula is C27H34N8S. The van der Waals surface area contributed by atoms with Crippen molar-refractivity contribution in [2.45, 2.75) is 26.3 Å². The van der Waals surface area contributed by atoms with Crippen LogP contribution < -0.4 is 25.3 Å². The number of hydrogen-bond donors (Lipinski definition) is 2. The van der Waals surface area contributed by atoms with Crippen LogP contribution in [-0.2, 0) is 6.54 Å². The molecule has 188 valence electrons. The van der Waals surface area contributed by atoms with Crippen molar-refractivity contribution >= 4 is 40.6 Å². The first kappa shape index (κ1) is 24.2. The van der Waals surface area contributed by atoms with Crippen molar-refractivity contribution in [3.8, 4) is 0 Å². The van der Waals surface area contributed by atoms with Gasteiger partial charge in [0.05, 0.1) is 0 Å². The van der Waals surface area contributed by atoms with Crippen molar-refractivity contribution in [3.63, 3.8) is 0 Å². The fourth-order valence-corrected chi connectivity index (χ4v) is 5.03. The highest BCUT2D eigenvalue weighted by atomic mass is 32.1. The molecule has 8 nitrogen and oxygen atoms in total. The Kier molecular flexibility index (Phi) is 7.76. The number of nitrogens with one attached hydrogen (secondary N) is 2. The Balaban J connectivity index is 1.31. The minimum absolute atomic E-state index is 0.503. The van der Waals surface area contributed by atoms with Crippen LogP contribution in [0.2, 0.25) is 0 Å². The molecule has 3 aromatic rings. The molecular weight excluding hydrogens is 468 g/mol. The van der Waals surface area contributed by atoms with Gasteiger partial charge >= 0.3 is 0 Å². The van der Waals surface area contributed by atoms with Gasteiger partial charge in [-0.1, -0.05) is 31.2 Å². The van der Waals surface area contributed by atoms with E-state index in [2.05, 4.69) is 73.6 Å². The molecule has 0 aliphatic carbocycles. The summed E-state index contributed by atoms with van der Waals surface area (Å²) in [6, 6.07) is 16.7. The maximum atomic E-state index is 5.57. The van der Waals surface area contributed by atoms with E-state index >= 15 is 0 Å². The van der Waals surface area contributed by atoms with Crippen molar-refractivity contribution in [2.24, 2.45) is 5.92 Å². The number of anilines is 4. The Morgan fingerprint density at radius 3 is 2.42 bits per heavy atom. The number of nitrogens with zero attached hydrogens (tertiary/aromatic N) is 6. The molecule has 2 saturated heterocycles. The summed E-state index contributed by atoms with van der Waals surface area (Å²) in [6.07, 6.45) is 6.05. The molecule has 2 N–H and O–H groups in total. The molecule has 2 aromatic heterocycles. The first-order chi connectivity index (χ1) is 17.6. The molecule has 0 amide bonds. The molecule has 36 heavy (non-hydrogen) atoms. The minimum atomic E-state index is 0.503. The predicted octanol–water partition coefficient (Wildman–Crippen LogP) is 3.92. The van der Waals surface area contributed by atoms with E-state index in [0.717, 1.165) is 56.5 Å². The number of rotatable bonds is 6. The maximum absolute atomic E-state index is 5.57. The molecule has 4 heterocycles. The van der Waals surface area contributed by atoms with Crippen LogP contribution in [0.1, 0.15) is 25.3 Å². The van der Waals surface area contributed by atoms with Gasteiger partial charge in [0.1, 0.15) is 11.6 Å². The zero-order chi connectivity index (χ0) is 24.7. The highest BCUT2D eigenvalue weighted by Gasteiger charge is 2.23. The second-order valence-corrected chi connectivity index (χ2v) is 9.99. The van der Waals surface area contributed by atoms with E-state index in [0.29, 0.717) is 23.5 Å². The summed E-state index contributed by atoms with van der Waals surface area (Å²) in [5.74, 6) is 3.11. The molecule has 5 rings (SSSR count). The smallest absolute Gasteiger partial charge is 0.232 e. The fourth-order valence-electron chi connectivity index (χ4n) is 4.86. The van der Waals surface area contributed by atoms with Crippen molar-refractivity contribution < 1.29 is 0 Å². The Morgan fingerprint density at radius 1 is 0.944 bits per heavy atom. The van der Waals surface area contributed by atoms with E-state index in [4.69, 9.17) is 22.2 Å². The molecule has 0 unspecified atom stereocenters. The van der Waals surface area contributed by atoms with E-state index in [-0.39, 0.29) is 0 Å². The molecule has 0 radical (unpaired) electrons. The lowest BCUT2D eigenvalue weighted by molar-refractivity contribution is 0.444. The molecule has 9 heteroatoms. The summed E-state index contributed by atoms with van der Waals surface area (Å²) in [5.41, 5.74) is 2.34. The van der Waals surface area contributed by atoms with Crippen LogP contribution in [0.5, 0.6) is 0 Å². The third-order valence-electron chi connectivity index (χ3n) is 6.81. The quantitative estimate of drug-likeness (QED) is 0.488. The summed E-state index contributed by atoms with van der Waals surface area (Å²) in [4.78, 5) is 21.1. The van der Waals surface area contributed by atoms with E-state index in [1.165, 1.54) is 18.5 Å². The summed E-state index contributed by atoms with van der Waals surface area (Å²) in [6.45, 7) is 8.67. The summed E-state index contributed by atoms with van der Waals surface area (Å²) < 4.78 is 0. The zero-order valence-corrected chi connectivity index (χ0v) is 21.6. The van der Waals surface area contributed by atoms with E-state index < -0.39 is 0 Å². The van der Waals surface area contributed by atoms with Crippen LogP contribution in [0.3, 0.4) is 0 Å². The molecule has 0 spiro atoms. The van der Waals surface area contributed by atoms with Crippen molar-refractivity contribution in [1.29, 1.82) is 0 Å². The van der Waals surface area contributed by atoms with Crippen molar-refractivity contribution in [2.75, 3.05) is 59.3 Å². The first-order valence-electron chi connectivity index (χ1n) is 12.8. The molecule has 0 bridgehead atoms. The lowest BCUT2D eigenvalue weighted by Gasteiger charge is -2.37. The molecule has 2 aliphatic heterocycles. The van der Waals surface area contributed by atoms with Gasteiger partial charge in [-0.2, -0.15) is 9.97 Å². The molecule has 1 atom stereocenters. The largest absolute Gasteiger partial charge is 0.368 e. The molecule has 2 fully saturated rings. The average molecular weight is 503 g/mol. The summed E-state index contributed by atoms with van der Waals surface area (Å²) in [7, 11) is 0. The minimum Gasteiger partial charge on any atom is -0.368 e. The summed E-state index contributed by atoms with van der Waals surface area (Å²) >= 11 is 5.57. The van der Waals surface area contributed by atoms with Gasteiger partial charge in [-0.25, -0.2) is 0 Å².